The minimum absolute atomic E-state index is 0.0568. The summed E-state index contributed by atoms with van der Waals surface area (Å²) in [4.78, 5) is 9.63. The van der Waals surface area contributed by atoms with Crippen molar-refractivity contribution in [3.8, 4) is 0 Å². The van der Waals surface area contributed by atoms with Gasteiger partial charge in [-0.15, -0.1) is 0 Å². The second kappa shape index (κ2) is 6.26. The van der Waals surface area contributed by atoms with Crippen LogP contribution < -0.4 is 10.0 Å². The average molecular weight is 327 g/mol. The maximum Gasteiger partial charge on any atom is 0.390 e. The molecule has 0 atom stereocenters. The number of anilines is 1. The molecular weight excluding hydrogens is 315 g/mol. The molecular formula is C10H12F3N3O4S. The molecule has 21 heavy (non-hydrogen) atoms. The molecule has 0 radical (unpaired) electrons. The van der Waals surface area contributed by atoms with Crippen molar-refractivity contribution in [3.63, 3.8) is 0 Å². The van der Waals surface area contributed by atoms with Crippen LogP contribution in [0.25, 0.3) is 0 Å². The summed E-state index contributed by atoms with van der Waals surface area (Å²) in [6, 6.07) is 2.90. The lowest BCUT2D eigenvalue weighted by atomic mass is 10.3. The molecule has 0 unspecified atom stereocenters. The first kappa shape index (κ1) is 17.2. The van der Waals surface area contributed by atoms with Crippen LogP contribution in [0, 0.1) is 10.1 Å². The fraction of sp³-hybridized carbons (Fsp3) is 0.400. The zero-order chi connectivity index (χ0) is 16.3. The highest BCUT2D eigenvalue weighted by Gasteiger charge is 2.28. The number of halogens is 3. The largest absolute Gasteiger partial charge is 0.390 e. The number of sulfonamides is 1. The normalized spacial score (nSPS) is 12.2. The summed E-state index contributed by atoms with van der Waals surface area (Å²) in [5.41, 5.74) is -0.398. The molecule has 1 aromatic carbocycles. The fourth-order valence-electron chi connectivity index (χ4n) is 1.45. The molecule has 0 aliphatic rings. The van der Waals surface area contributed by atoms with E-state index in [0.29, 0.717) is 0 Å². The molecule has 0 bridgehead atoms. The lowest BCUT2D eigenvalue weighted by Gasteiger charge is -2.10. The van der Waals surface area contributed by atoms with Crippen LogP contribution in [0.1, 0.15) is 6.42 Å². The van der Waals surface area contributed by atoms with Gasteiger partial charge >= 0.3 is 6.18 Å². The van der Waals surface area contributed by atoms with Gasteiger partial charge in [-0.2, -0.15) is 13.2 Å². The maximum absolute atomic E-state index is 12.0. The zero-order valence-corrected chi connectivity index (χ0v) is 11.6. The molecule has 0 saturated carbocycles. The summed E-state index contributed by atoms with van der Waals surface area (Å²) in [5, 5.41) is 13.2. The summed E-state index contributed by atoms with van der Waals surface area (Å²) in [5.74, 6) is 0. The SMILES string of the molecule is CNc1cc(S(=O)(=O)NCCC(F)(F)F)ccc1[N+](=O)[O-]. The van der Waals surface area contributed by atoms with Crippen molar-refractivity contribution in [2.24, 2.45) is 0 Å². The Balaban J connectivity index is 2.96. The van der Waals surface area contributed by atoms with Crippen LogP contribution in [0.2, 0.25) is 0 Å². The predicted octanol–water partition coefficient (Wildman–Crippen LogP) is 1.87. The van der Waals surface area contributed by atoms with E-state index in [1.54, 1.807) is 4.72 Å². The van der Waals surface area contributed by atoms with E-state index < -0.39 is 34.1 Å². The molecule has 118 valence electrons. The van der Waals surface area contributed by atoms with Gasteiger partial charge < -0.3 is 5.32 Å². The molecule has 0 spiro atoms. The Hall–Kier alpha value is -1.88. The van der Waals surface area contributed by atoms with Gasteiger partial charge in [0, 0.05) is 19.7 Å². The van der Waals surface area contributed by atoms with Crippen molar-refractivity contribution in [2.45, 2.75) is 17.5 Å². The van der Waals surface area contributed by atoms with E-state index in [1.165, 1.54) is 7.05 Å². The molecule has 0 aliphatic carbocycles. The van der Waals surface area contributed by atoms with Crippen molar-refractivity contribution in [1.29, 1.82) is 0 Å². The van der Waals surface area contributed by atoms with Crippen molar-refractivity contribution >= 4 is 21.4 Å². The van der Waals surface area contributed by atoms with Gasteiger partial charge in [0.1, 0.15) is 5.69 Å². The molecule has 0 fully saturated rings. The number of hydrogen-bond acceptors (Lipinski definition) is 5. The van der Waals surface area contributed by atoms with Gasteiger partial charge in [-0.1, -0.05) is 0 Å². The van der Waals surface area contributed by atoms with Gasteiger partial charge in [-0.3, -0.25) is 10.1 Å². The van der Waals surface area contributed by atoms with Gasteiger partial charge in [0.05, 0.1) is 16.2 Å². The number of nitro groups is 1. The van der Waals surface area contributed by atoms with Crippen molar-refractivity contribution in [3.05, 3.63) is 28.3 Å². The summed E-state index contributed by atoms with van der Waals surface area (Å²) < 4.78 is 61.3. The average Bonchev–Trinajstić information content (AvgIpc) is 2.35. The van der Waals surface area contributed by atoms with E-state index in [0.717, 1.165) is 18.2 Å². The molecule has 11 heteroatoms. The first-order valence-corrected chi connectivity index (χ1v) is 7.08. The molecule has 0 amide bonds. The van der Waals surface area contributed by atoms with Gasteiger partial charge in [0.15, 0.2) is 0 Å². The van der Waals surface area contributed by atoms with Crippen LogP contribution in [0.5, 0.6) is 0 Å². The third kappa shape index (κ3) is 4.86. The highest BCUT2D eigenvalue weighted by molar-refractivity contribution is 7.89. The Morgan fingerprint density at radius 2 is 1.95 bits per heavy atom. The second-order valence-electron chi connectivity index (χ2n) is 3.95. The van der Waals surface area contributed by atoms with Gasteiger partial charge in [0.25, 0.3) is 5.69 Å². The number of hydrogen-bond donors (Lipinski definition) is 2. The van der Waals surface area contributed by atoms with Gasteiger partial charge in [0.2, 0.25) is 10.0 Å². The Labute approximate surface area is 118 Å². The highest BCUT2D eigenvalue weighted by atomic mass is 32.2. The minimum atomic E-state index is -4.48. The highest BCUT2D eigenvalue weighted by Crippen LogP contribution is 2.27. The van der Waals surface area contributed by atoms with Crippen LogP contribution in [0.4, 0.5) is 24.5 Å². The van der Waals surface area contributed by atoms with Gasteiger partial charge in [-0.05, 0) is 12.1 Å². The second-order valence-corrected chi connectivity index (χ2v) is 5.72. The molecule has 0 saturated heterocycles. The fourth-order valence-corrected chi connectivity index (χ4v) is 2.51. The van der Waals surface area contributed by atoms with E-state index in [4.69, 9.17) is 0 Å². The summed E-state index contributed by atoms with van der Waals surface area (Å²) in [7, 11) is -2.81. The Bertz CT molecular complexity index is 631. The van der Waals surface area contributed by atoms with Crippen molar-refractivity contribution in [2.75, 3.05) is 18.9 Å². The Morgan fingerprint density at radius 1 is 1.33 bits per heavy atom. The van der Waals surface area contributed by atoms with Crippen LogP contribution >= 0.6 is 0 Å². The van der Waals surface area contributed by atoms with Crippen molar-refractivity contribution in [1.82, 2.24) is 4.72 Å². The maximum atomic E-state index is 12.0. The molecule has 2 N–H and O–H groups in total. The number of rotatable bonds is 6. The van der Waals surface area contributed by atoms with Crippen LogP contribution in [-0.4, -0.2) is 33.1 Å². The Morgan fingerprint density at radius 3 is 2.43 bits per heavy atom. The lowest BCUT2D eigenvalue weighted by Crippen LogP contribution is -2.28. The third-order valence-corrected chi connectivity index (χ3v) is 3.90. The molecule has 1 aromatic rings. The van der Waals surface area contributed by atoms with Crippen molar-refractivity contribution < 1.29 is 26.5 Å². The molecule has 0 aromatic heterocycles. The zero-order valence-electron chi connectivity index (χ0n) is 10.8. The number of nitrogens with one attached hydrogen (secondary N) is 2. The predicted molar refractivity (Wildman–Crippen MR) is 68.5 cm³/mol. The molecule has 0 aliphatic heterocycles. The molecule has 1 rings (SSSR count). The summed E-state index contributed by atoms with van der Waals surface area (Å²) in [6.45, 7) is -0.808. The quantitative estimate of drug-likeness (QED) is 0.613. The van der Waals surface area contributed by atoms with Crippen LogP contribution in [-0.2, 0) is 10.0 Å². The van der Waals surface area contributed by atoms with Crippen LogP contribution in [0.3, 0.4) is 0 Å². The smallest absolute Gasteiger partial charge is 0.383 e. The number of nitro benzene ring substituents is 1. The minimum Gasteiger partial charge on any atom is -0.383 e. The first-order chi connectivity index (χ1) is 9.57. The first-order valence-electron chi connectivity index (χ1n) is 5.59. The number of nitrogens with zero attached hydrogens (tertiary/aromatic N) is 1. The summed E-state index contributed by atoms with van der Waals surface area (Å²) >= 11 is 0. The van der Waals surface area contributed by atoms with E-state index in [1.807, 2.05) is 0 Å². The van der Waals surface area contributed by atoms with E-state index >= 15 is 0 Å². The lowest BCUT2D eigenvalue weighted by molar-refractivity contribution is -0.384. The van der Waals surface area contributed by atoms with E-state index in [2.05, 4.69) is 5.32 Å². The van der Waals surface area contributed by atoms with E-state index in [9.17, 15) is 31.7 Å². The third-order valence-electron chi connectivity index (χ3n) is 2.44. The van der Waals surface area contributed by atoms with Gasteiger partial charge in [-0.25, -0.2) is 13.1 Å². The topological polar surface area (TPSA) is 101 Å². The number of alkyl halides is 3. The molecule has 0 heterocycles. The Kier molecular flexibility index (Phi) is 5.12. The standard InChI is InChI=1S/C10H12F3N3O4S/c1-14-8-6-7(2-3-9(8)16(17)18)21(19,20)15-5-4-10(11,12)13/h2-3,6,14-15H,4-5H2,1H3. The van der Waals surface area contributed by atoms with E-state index in [-0.39, 0.29) is 16.3 Å². The molecule has 7 nitrogen and oxygen atoms in total. The monoisotopic (exact) mass is 327 g/mol. The number of benzene rings is 1. The summed E-state index contributed by atoms with van der Waals surface area (Å²) in [6.07, 6.45) is -5.79. The van der Waals surface area contributed by atoms with Crippen LogP contribution in [0.15, 0.2) is 23.1 Å².